The molecule has 0 aliphatic rings. The van der Waals surface area contributed by atoms with Crippen LogP contribution in [0.5, 0.6) is 0 Å². The SMILES string of the molecule is CCc1nc(CC)n(-c2cc(/C=C/C(=O)O)ccc2C)n1. The van der Waals surface area contributed by atoms with E-state index in [0.29, 0.717) is 0 Å². The standard InChI is InChI=1S/C16H19N3O2/c1-4-14-17-15(5-2)19(18-14)13-10-12(7-6-11(13)3)8-9-16(20)21/h6-10H,4-5H2,1-3H3,(H,20,21)/b9-8+. The van der Waals surface area contributed by atoms with Gasteiger partial charge in [-0.1, -0.05) is 26.0 Å². The first-order valence-electron chi connectivity index (χ1n) is 7.02. The molecule has 5 nitrogen and oxygen atoms in total. The molecule has 2 aromatic rings. The quantitative estimate of drug-likeness (QED) is 0.858. The molecule has 2 rings (SSSR count). The Hall–Kier alpha value is -2.43. The van der Waals surface area contributed by atoms with Crippen molar-refractivity contribution in [1.29, 1.82) is 0 Å². The van der Waals surface area contributed by atoms with Crippen molar-refractivity contribution in [2.24, 2.45) is 0 Å². The highest BCUT2D eigenvalue weighted by molar-refractivity contribution is 5.85. The predicted molar refractivity (Wildman–Crippen MR) is 81.5 cm³/mol. The summed E-state index contributed by atoms with van der Waals surface area (Å²) >= 11 is 0. The zero-order chi connectivity index (χ0) is 15.4. The second kappa shape index (κ2) is 6.35. The molecule has 0 unspecified atom stereocenters. The molecule has 0 aliphatic carbocycles. The van der Waals surface area contributed by atoms with Crippen molar-refractivity contribution in [1.82, 2.24) is 14.8 Å². The molecule has 0 atom stereocenters. The summed E-state index contributed by atoms with van der Waals surface area (Å²) in [7, 11) is 0. The van der Waals surface area contributed by atoms with E-state index in [-0.39, 0.29) is 0 Å². The zero-order valence-electron chi connectivity index (χ0n) is 12.5. The second-order valence-corrected chi connectivity index (χ2v) is 4.78. The number of hydrogen-bond acceptors (Lipinski definition) is 3. The summed E-state index contributed by atoms with van der Waals surface area (Å²) in [6.07, 6.45) is 4.29. The average Bonchev–Trinajstić information content (AvgIpc) is 2.89. The van der Waals surface area contributed by atoms with E-state index in [2.05, 4.69) is 10.1 Å². The molecule has 0 fully saturated rings. The lowest BCUT2D eigenvalue weighted by Gasteiger charge is -2.09. The van der Waals surface area contributed by atoms with E-state index in [4.69, 9.17) is 5.11 Å². The molecule has 0 saturated carbocycles. The number of carbonyl (C=O) groups is 1. The molecule has 5 heteroatoms. The number of carboxylic acids is 1. The number of benzene rings is 1. The van der Waals surface area contributed by atoms with Crippen molar-refractivity contribution in [3.8, 4) is 5.69 Å². The predicted octanol–water partition coefficient (Wildman–Crippen LogP) is 2.80. The van der Waals surface area contributed by atoms with E-state index in [1.165, 1.54) is 0 Å². The Morgan fingerprint density at radius 1 is 1.33 bits per heavy atom. The summed E-state index contributed by atoms with van der Waals surface area (Å²) in [6.45, 7) is 6.08. The molecule has 0 spiro atoms. The maximum Gasteiger partial charge on any atom is 0.328 e. The summed E-state index contributed by atoms with van der Waals surface area (Å²) in [4.78, 5) is 15.1. The Morgan fingerprint density at radius 3 is 2.71 bits per heavy atom. The van der Waals surface area contributed by atoms with Crippen molar-refractivity contribution in [2.45, 2.75) is 33.6 Å². The van der Waals surface area contributed by atoms with E-state index >= 15 is 0 Å². The third-order valence-electron chi connectivity index (χ3n) is 3.23. The molecule has 0 bridgehead atoms. The lowest BCUT2D eigenvalue weighted by Crippen LogP contribution is -2.04. The number of aryl methyl sites for hydroxylation is 3. The fraction of sp³-hybridized carbons (Fsp3) is 0.312. The Kier molecular flexibility index (Phi) is 4.52. The summed E-state index contributed by atoms with van der Waals surface area (Å²) in [5, 5.41) is 13.3. The van der Waals surface area contributed by atoms with Crippen molar-refractivity contribution in [3.63, 3.8) is 0 Å². The van der Waals surface area contributed by atoms with Gasteiger partial charge in [0, 0.05) is 18.9 Å². The Labute approximate surface area is 124 Å². The third kappa shape index (κ3) is 3.37. The van der Waals surface area contributed by atoms with Gasteiger partial charge in [-0.3, -0.25) is 0 Å². The van der Waals surface area contributed by atoms with Gasteiger partial charge in [0.2, 0.25) is 0 Å². The molecule has 110 valence electrons. The molecule has 1 N–H and O–H groups in total. The number of aromatic nitrogens is 3. The van der Waals surface area contributed by atoms with E-state index in [1.807, 2.05) is 43.7 Å². The maximum absolute atomic E-state index is 10.6. The molecule has 0 radical (unpaired) electrons. The molecule has 0 saturated heterocycles. The number of nitrogens with zero attached hydrogens (tertiary/aromatic N) is 3. The summed E-state index contributed by atoms with van der Waals surface area (Å²) < 4.78 is 1.85. The number of aliphatic carboxylic acids is 1. The largest absolute Gasteiger partial charge is 0.478 e. The summed E-state index contributed by atoms with van der Waals surface area (Å²) in [6, 6.07) is 5.78. The first-order chi connectivity index (χ1) is 10.0. The normalized spacial score (nSPS) is 11.2. The lowest BCUT2D eigenvalue weighted by molar-refractivity contribution is -0.131. The van der Waals surface area contributed by atoms with Gasteiger partial charge in [-0.05, 0) is 30.2 Å². The van der Waals surface area contributed by atoms with Gasteiger partial charge >= 0.3 is 5.97 Å². The number of hydrogen-bond donors (Lipinski definition) is 1. The number of carboxylic acid groups (broad SMARTS) is 1. The highest BCUT2D eigenvalue weighted by Crippen LogP contribution is 2.18. The fourth-order valence-electron chi connectivity index (χ4n) is 2.09. The van der Waals surface area contributed by atoms with Gasteiger partial charge in [0.25, 0.3) is 0 Å². The maximum atomic E-state index is 10.6. The highest BCUT2D eigenvalue weighted by Gasteiger charge is 2.11. The minimum atomic E-state index is -0.958. The number of rotatable bonds is 5. The van der Waals surface area contributed by atoms with Gasteiger partial charge in [-0.15, -0.1) is 0 Å². The molecule has 21 heavy (non-hydrogen) atoms. The minimum Gasteiger partial charge on any atom is -0.478 e. The van der Waals surface area contributed by atoms with Crippen LogP contribution in [-0.4, -0.2) is 25.8 Å². The summed E-state index contributed by atoms with van der Waals surface area (Å²) in [5.41, 5.74) is 2.84. The van der Waals surface area contributed by atoms with Gasteiger partial charge in [-0.25, -0.2) is 14.5 Å². The van der Waals surface area contributed by atoms with E-state index < -0.39 is 5.97 Å². The van der Waals surface area contributed by atoms with Crippen LogP contribution >= 0.6 is 0 Å². The second-order valence-electron chi connectivity index (χ2n) is 4.78. The van der Waals surface area contributed by atoms with Gasteiger partial charge in [0.15, 0.2) is 5.82 Å². The molecular formula is C16H19N3O2. The fourth-order valence-corrected chi connectivity index (χ4v) is 2.09. The van der Waals surface area contributed by atoms with Crippen LogP contribution in [0.3, 0.4) is 0 Å². The molecule has 1 aromatic carbocycles. The first-order valence-corrected chi connectivity index (χ1v) is 7.02. The molecular weight excluding hydrogens is 266 g/mol. The van der Waals surface area contributed by atoms with Crippen molar-refractivity contribution >= 4 is 12.0 Å². The average molecular weight is 285 g/mol. The smallest absolute Gasteiger partial charge is 0.328 e. The molecule has 0 amide bonds. The summed E-state index contributed by atoms with van der Waals surface area (Å²) in [5.74, 6) is 0.771. The van der Waals surface area contributed by atoms with E-state index in [1.54, 1.807) is 6.08 Å². The highest BCUT2D eigenvalue weighted by atomic mass is 16.4. The van der Waals surface area contributed by atoms with Crippen LogP contribution in [0.2, 0.25) is 0 Å². The molecule has 1 heterocycles. The van der Waals surface area contributed by atoms with Gasteiger partial charge in [0.05, 0.1) is 5.69 Å². The van der Waals surface area contributed by atoms with Crippen LogP contribution in [0.15, 0.2) is 24.3 Å². The Morgan fingerprint density at radius 2 is 2.10 bits per heavy atom. The van der Waals surface area contributed by atoms with Crippen LogP contribution in [0.1, 0.15) is 36.6 Å². The zero-order valence-corrected chi connectivity index (χ0v) is 12.5. The van der Waals surface area contributed by atoms with Gasteiger partial charge in [0.1, 0.15) is 5.82 Å². The topological polar surface area (TPSA) is 68.0 Å². The van der Waals surface area contributed by atoms with Crippen molar-refractivity contribution in [3.05, 3.63) is 47.1 Å². The van der Waals surface area contributed by atoms with E-state index in [0.717, 1.165) is 47.4 Å². The van der Waals surface area contributed by atoms with Crippen molar-refractivity contribution < 1.29 is 9.90 Å². The van der Waals surface area contributed by atoms with Crippen LogP contribution in [-0.2, 0) is 17.6 Å². The first kappa shape index (κ1) is 15.0. The van der Waals surface area contributed by atoms with E-state index in [9.17, 15) is 4.79 Å². The molecule has 1 aromatic heterocycles. The van der Waals surface area contributed by atoms with Crippen LogP contribution in [0.25, 0.3) is 11.8 Å². The Balaban J connectivity index is 2.50. The third-order valence-corrected chi connectivity index (χ3v) is 3.23. The minimum absolute atomic E-state index is 0.789. The monoisotopic (exact) mass is 285 g/mol. The lowest BCUT2D eigenvalue weighted by atomic mass is 10.1. The van der Waals surface area contributed by atoms with Gasteiger partial charge < -0.3 is 5.11 Å². The van der Waals surface area contributed by atoms with Crippen LogP contribution in [0.4, 0.5) is 0 Å². The Bertz CT molecular complexity index is 687. The van der Waals surface area contributed by atoms with Crippen LogP contribution < -0.4 is 0 Å². The van der Waals surface area contributed by atoms with Crippen LogP contribution in [0, 0.1) is 6.92 Å². The van der Waals surface area contributed by atoms with Gasteiger partial charge in [-0.2, -0.15) is 5.10 Å². The van der Waals surface area contributed by atoms with Crippen molar-refractivity contribution in [2.75, 3.05) is 0 Å². The molecule has 0 aliphatic heterocycles.